The molecule has 0 saturated heterocycles. The van der Waals surface area contributed by atoms with Crippen LogP contribution in [0, 0.1) is 0 Å². The third-order valence-corrected chi connectivity index (χ3v) is 8.60. The maximum absolute atomic E-state index is 6.58. The minimum Gasteiger partial charge on any atom is -0.457 e. The molecule has 0 N–H and O–H groups in total. The molecule has 0 radical (unpaired) electrons. The maximum atomic E-state index is 6.58. The first-order valence-corrected chi connectivity index (χ1v) is 15.5. The van der Waals surface area contributed by atoms with Gasteiger partial charge in [0.15, 0.2) is 0 Å². The van der Waals surface area contributed by atoms with Gasteiger partial charge in [-0.3, -0.25) is 8.97 Å². The summed E-state index contributed by atoms with van der Waals surface area (Å²) in [5.41, 5.74) is 7.03. The Morgan fingerprint density at radius 3 is 2.09 bits per heavy atom. The molecule has 45 heavy (non-hydrogen) atoms. The van der Waals surface area contributed by atoms with Crippen LogP contribution >= 0.6 is 0 Å². The van der Waals surface area contributed by atoms with E-state index in [4.69, 9.17) is 19.7 Å². The average Bonchev–Trinajstić information content (AvgIpc) is 3.56. The summed E-state index contributed by atoms with van der Waals surface area (Å²) in [6.45, 7) is 13.3. The Balaban J connectivity index is 1.28. The van der Waals surface area contributed by atoms with Gasteiger partial charge in [0.25, 0.3) is 0 Å². The van der Waals surface area contributed by atoms with Crippen molar-refractivity contribution in [3.05, 3.63) is 115 Å². The number of fused-ring (bicyclic) bond motifs is 8. The number of rotatable bonds is 3. The first-order valence-electron chi connectivity index (χ1n) is 15.5. The predicted octanol–water partition coefficient (Wildman–Crippen LogP) is 9.92. The monoisotopic (exact) mass is 589 g/mol. The van der Waals surface area contributed by atoms with E-state index in [1.165, 1.54) is 10.9 Å². The van der Waals surface area contributed by atoms with Gasteiger partial charge in [-0.1, -0.05) is 71.9 Å². The SMILES string of the molecule is CC(C)(C)c1ccnc(-n2c3ccccc3c3ccc(Oc4ccc5nc(C(C)(C)C)n6c7ccccc7nc6c5c4)cc32)c1. The van der Waals surface area contributed by atoms with Crippen LogP contribution in [0.25, 0.3) is 55.2 Å². The van der Waals surface area contributed by atoms with E-state index in [2.05, 4.69) is 123 Å². The summed E-state index contributed by atoms with van der Waals surface area (Å²) in [5.74, 6) is 3.36. The molecule has 0 bridgehead atoms. The fraction of sp³-hybridized carbons (Fsp3) is 0.205. The number of benzene rings is 4. The van der Waals surface area contributed by atoms with Gasteiger partial charge in [-0.25, -0.2) is 15.0 Å². The fourth-order valence-corrected chi connectivity index (χ4v) is 6.35. The largest absolute Gasteiger partial charge is 0.457 e. The molecule has 0 aliphatic rings. The second-order valence-electron chi connectivity index (χ2n) is 13.9. The van der Waals surface area contributed by atoms with Gasteiger partial charge in [-0.15, -0.1) is 0 Å². The highest BCUT2D eigenvalue weighted by atomic mass is 16.5. The molecule has 6 heteroatoms. The van der Waals surface area contributed by atoms with Gasteiger partial charge < -0.3 is 4.74 Å². The van der Waals surface area contributed by atoms with Gasteiger partial charge in [0.1, 0.15) is 28.8 Å². The molecular weight excluding hydrogens is 554 g/mol. The number of ether oxygens (including phenoxy) is 1. The Kier molecular flexibility index (Phi) is 5.85. The van der Waals surface area contributed by atoms with Crippen LogP contribution in [0.5, 0.6) is 11.5 Å². The number of hydrogen-bond acceptors (Lipinski definition) is 4. The van der Waals surface area contributed by atoms with E-state index in [0.717, 1.165) is 67.1 Å². The Bertz CT molecular complexity index is 2440. The standard InChI is InChI=1S/C39H35N5O/c1-38(2,3)24-19-20-40-35(21-24)43-32-13-9-7-11-27(32)28-17-15-26(23-34(28)43)45-25-16-18-30-29(22-25)36-41-31-12-8-10-14-33(31)44(36)37(42-30)39(4,5)6/h7-23H,1-6H3. The summed E-state index contributed by atoms with van der Waals surface area (Å²) >= 11 is 0. The van der Waals surface area contributed by atoms with Crippen molar-refractivity contribution >= 4 is 49.4 Å². The zero-order valence-corrected chi connectivity index (χ0v) is 26.5. The molecule has 0 spiro atoms. The van der Waals surface area contributed by atoms with Crippen molar-refractivity contribution in [2.24, 2.45) is 0 Å². The van der Waals surface area contributed by atoms with E-state index < -0.39 is 0 Å². The molecule has 0 aliphatic carbocycles. The number of para-hydroxylation sites is 3. The van der Waals surface area contributed by atoms with Crippen molar-refractivity contribution in [2.45, 2.75) is 52.4 Å². The molecule has 4 aromatic heterocycles. The normalized spacial score (nSPS) is 12.7. The van der Waals surface area contributed by atoms with Crippen LogP contribution < -0.4 is 4.74 Å². The van der Waals surface area contributed by atoms with Crippen LogP contribution in [0.3, 0.4) is 0 Å². The number of aromatic nitrogens is 5. The third-order valence-electron chi connectivity index (χ3n) is 8.60. The average molecular weight is 590 g/mol. The lowest BCUT2D eigenvalue weighted by Crippen LogP contribution is -2.19. The molecule has 4 aromatic carbocycles. The molecule has 8 rings (SSSR count). The van der Waals surface area contributed by atoms with E-state index in [1.54, 1.807) is 0 Å². The van der Waals surface area contributed by atoms with Crippen molar-refractivity contribution in [3.8, 4) is 17.3 Å². The Morgan fingerprint density at radius 1 is 0.578 bits per heavy atom. The van der Waals surface area contributed by atoms with Crippen LogP contribution in [0.2, 0.25) is 0 Å². The third kappa shape index (κ3) is 4.43. The Labute approximate surface area is 262 Å². The highest BCUT2D eigenvalue weighted by Gasteiger charge is 2.24. The number of nitrogens with zero attached hydrogens (tertiary/aromatic N) is 5. The molecule has 6 nitrogen and oxygen atoms in total. The molecule has 8 aromatic rings. The quantitative estimate of drug-likeness (QED) is 0.206. The van der Waals surface area contributed by atoms with Gasteiger partial charge >= 0.3 is 0 Å². The second-order valence-corrected chi connectivity index (χ2v) is 13.9. The molecule has 0 unspecified atom stereocenters. The first-order chi connectivity index (χ1) is 21.6. The van der Waals surface area contributed by atoms with Crippen LogP contribution in [-0.4, -0.2) is 23.9 Å². The number of hydrogen-bond donors (Lipinski definition) is 0. The van der Waals surface area contributed by atoms with Gasteiger partial charge in [0.2, 0.25) is 0 Å². The van der Waals surface area contributed by atoms with Crippen molar-refractivity contribution < 1.29 is 4.74 Å². The van der Waals surface area contributed by atoms with E-state index in [0.29, 0.717) is 0 Å². The lowest BCUT2D eigenvalue weighted by atomic mass is 9.88. The van der Waals surface area contributed by atoms with Crippen LogP contribution in [0.4, 0.5) is 0 Å². The van der Waals surface area contributed by atoms with Gasteiger partial charge in [-0.05, 0) is 71.6 Å². The molecule has 0 fully saturated rings. The molecule has 0 atom stereocenters. The van der Waals surface area contributed by atoms with Crippen molar-refractivity contribution in [2.75, 3.05) is 0 Å². The molecule has 4 heterocycles. The summed E-state index contributed by atoms with van der Waals surface area (Å²) in [5, 5.41) is 3.29. The minimum absolute atomic E-state index is 0.00935. The van der Waals surface area contributed by atoms with Crippen molar-refractivity contribution in [1.29, 1.82) is 0 Å². The topological polar surface area (TPSA) is 57.2 Å². The fourth-order valence-electron chi connectivity index (χ4n) is 6.35. The summed E-state index contributed by atoms with van der Waals surface area (Å²) in [4.78, 5) is 15.0. The zero-order chi connectivity index (χ0) is 31.1. The highest BCUT2D eigenvalue weighted by molar-refractivity contribution is 6.09. The summed E-state index contributed by atoms with van der Waals surface area (Å²) in [6.07, 6.45) is 1.91. The second kappa shape index (κ2) is 9.63. The predicted molar refractivity (Wildman–Crippen MR) is 184 cm³/mol. The zero-order valence-electron chi connectivity index (χ0n) is 26.5. The molecule has 0 amide bonds. The van der Waals surface area contributed by atoms with Gasteiger partial charge in [0, 0.05) is 33.8 Å². The van der Waals surface area contributed by atoms with Gasteiger partial charge in [0.05, 0.1) is 27.6 Å². The lowest BCUT2D eigenvalue weighted by molar-refractivity contribution is 0.484. The van der Waals surface area contributed by atoms with Crippen LogP contribution in [0.1, 0.15) is 52.9 Å². The number of pyridine rings is 1. The first kappa shape index (κ1) is 27.3. The lowest BCUT2D eigenvalue weighted by Gasteiger charge is -2.21. The highest BCUT2D eigenvalue weighted by Crippen LogP contribution is 2.37. The molecule has 222 valence electrons. The molecule has 0 aliphatic heterocycles. The summed E-state index contributed by atoms with van der Waals surface area (Å²) in [6, 6.07) is 33.4. The van der Waals surface area contributed by atoms with E-state index in [-0.39, 0.29) is 10.8 Å². The van der Waals surface area contributed by atoms with E-state index in [1.807, 2.05) is 30.5 Å². The number of imidazole rings is 1. The summed E-state index contributed by atoms with van der Waals surface area (Å²) in [7, 11) is 0. The van der Waals surface area contributed by atoms with Crippen molar-refractivity contribution in [1.82, 2.24) is 23.9 Å². The molecular formula is C39H35N5O. The minimum atomic E-state index is -0.166. The van der Waals surface area contributed by atoms with Crippen molar-refractivity contribution in [3.63, 3.8) is 0 Å². The van der Waals surface area contributed by atoms with Crippen LogP contribution in [-0.2, 0) is 10.8 Å². The molecule has 0 saturated carbocycles. The maximum Gasteiger partial charge on any atom is 0.149 e. The van der Waals surface area contributed by atoms with E-state index >= 15 is 0 Å². The van der Waals surface area contributed by atoms with Gasteiger partial charge in [-0.2, -0.15) is 0 Å². The summed E-state index contributed by atoms with van der Waals surface area (Å²) < 4.78 is 11.0. The van der Waals surface area contributed by atoms with Crippen LogP contribution in [0.15, 0.2) is 103 Å². The van der Waals surface area contributed by atoms with E-state index in [9.17, 15) is 0 Å². The Hall–Kier alpha value is -5.23. The Morgan fingerprint density at radius 2 is 1.29 bits per heavy atom. The smallest absolute Gasteiger partial charge is 0.149 e.